The Labute approximate surface area is 171 Å². The van der Waals surface area contributed by atoms with Crippen LogP contribution in [0.2, 0.25) is 0 Å². The van der Waals surface area contributed by atoms with Gasteiger partial charge in [-0.3, -0.25) is 4.79 Å². The topological polar surface area (TPSA) is 46.4 Å². The second-order valence-electron chi connectivity index (χ2n) is 6.30. The molecule has 27 heavy (non-hydrogen) atoms. The van der Waals surface area contributed by atoms with E-state index in [2.05, 4.69) is 62.8 Å². The Morgan fingerprint density at radius 3 is 2.63 bits per heavy atom. The van der Waals surface area contributed by atoms with Gasteiger partial charge in [0.05, 0.1) is 6.21 Å². The number of nitrogens with zero attached hydrogens (tertiary/aromatic N) is 2. The molecule has 0 saturated carbocycles. The summed E-state index contributed by atoms with van der Waals surface area (Å²) in [5.41, 5.74) is 7.98. The fourth-order valence-electron chi connectivity index (χ4n) is 2.94. The second-order valence-corrected chi connectivity index (χ2v) is 7.47. The second kappa shape index (κ2) is 8.04. The van der Waals surface area contributed by atoms with Gasteiger partial charge in [0.25, 0.3) is 5.91 Å². The molecule has 1 amide bonds. The van der Waals surface area contributed by atoms with Crippen molar-refractivity contribution < 1.29 is 9.18 Å². The van der Waals surface area contributed by atoms with Gasteiger partial charge in [0.2, 0.25) is 0 Å². The van der Waals surface area contributed by atoms with E-state index in [0.29, 0.717) is 0 Å². The third kappa shape index (κ3) is 4.27. The molecule has 0 bridgehead atoms. The third-order valence-corrected chi connectivity index (χ3v) is 5.54. The Kier molecular flexibility index (Phi) is 5.74. The Balaban J connectivity index is 1.81. The van der Waals surface area contributed by atoms with Crippen molar-refractivity contribution in [2.75, 3.05) is 0 Å². The fraction of sp³-hybridized carbons (Fsp3) is 0.143. The molecule has 2 aromatic carbocycles. The standard InChI is InChI=1S/C21H19FIN3O/c1-13-9-19(7-8-20(13)23)26-14(2)10-17(15(26)3)12-24-25-21(27)16-5-4-6-18(22)11-16/h4-12H,1-3H3,(H,25,27)/b24-12-. The van der Waals surface area contributed by atoms with Gasteiger partial charge in [0, 0.05) is 31.8 Å². The highest BCUT2D eigenvalue weighted by Gasteiger charge is 2.11. The Morgan fingerprint density at radius 2 is 1.93 bits per heavy atom. The number of hydrogen-bond acceptors (Lipinski definition) is 2. The van der Waals surface area contributed by atoms with Gasteiger partial charge < -0.3 is 4.57 Å². The van der Waals surface area contributed by atoms with E-state index >= 15 is 0 Å². The van der Waals surface area contributed by atoms with Gasteiger partial charge in [-0.2, -0.15) is 5.10 Å². The van der Waals surface area contributed by atoms with Crippen LogP contribution >= 0.6 is 22.6 Å². The number of rotatable bonds is 4. The van der Waals surface area contributed by atoms with Gasteiger partial charge in [-0.25, -0.2) is 9.82 Å². The van der Waals surface area contributed by atoms with Crippen LogP contribution in [0.4, 0.5) is 4.39 Å². The molecule has 3 aromatic rings. The average Bonchev–Trinajstić information content (AvgIpc) is 2.91. The van der Waals surface area contributed by atoms with Crippen molar-refractivity contribution in [1.82, 2.24) is 9.99 Å². The van der Waals surface area contributed by atoms with Crippen LogP contribution in [-0.2, 0) is 0 Å². The number of amides is 1. The van der Waals surface area contributed by atoms with Crippen LogP contribution in [0.15, 0.2) is 53.6 Å². The first-order valence-electron chi connectivity index (χ1n) is 8.41. The maximum absolute atomic E-state index is 13.2. The van der Waals surface area contributed by atoms with Gasteiger partial charge in [0.15, 0.2) is 0 Å². The van der Waals surface area contributed by atoms with E-state index in [1.54, 1.807) is 12.3 Å². The molecule has 0 radical (unpaired) electrons. The van der Waals surface area contributed by atoms with E-state index < -0.39 is 11.7 Å². The van der Waals surface area contributed by atoms with E-state index in [1.165, 1.54) is 27.3 Å². The molecule has 0 atom stereocenters. The average molecular weight is 475 g/mol. The molecule has 0 fully saturated rings. The highest BCUT2D eigenvalue weighted by molar-refractivity contribution is 14.1. The Bertz CT molecular complexity index is 1040. The summed E-state index contributed by atoms with van der Waals surface area (Å²) in [5, 5.41) is 4.03. The molecular weight excluding hydrogens is 456 g/mol. The van der Waals surface area contributed by atoms with Gasteiger partial charge in [0.1, 0.15) is 5.82 Å². The highest BCUT2D eigenvalue weighted by atomic mass is 127. The zero-order chi connectivity index (χ0) is 19.6. The Hall–Kier alpha value is -2.48. The molecule has 0 aliphatic rings. The summed E-state index contributed by atoms with van der Waals surface area (Å²) in [6, 6.07) is 13.8. The van der Waals surface area contributed by atoms with Crippen molar-refractivity contribution in [2.24, 2.45) is 5.10 Å². The lowest BCUT2D eigenvalue weighted by atomic mass is 10.2. The van der Waals surface area contributed by atoms with Crippen LogP contribution in [0.3, 0.4) is 0 Å². The molecule has 1 heterocycles. The van der Waals surface area contributed by atoms with Crippen LogP contribution in [0.25, 0.3) is 5.69 Å². The number of carbonyl (C=O) groups is 1. The van der Waals surface area contributed by atoms with Gasteiger partial charge >= 0.3 is 0 Å². The first-order valence-corrected chi connectivity index (χ1v) is 9.49. The fourth-order valence-corrected chi connectivity index (χ4v) is 3.27. The molecule has 1 N–H and O–H groups in total. The van der Waals surface area contributed by atoms with Crippen molar-refractivity contribution in [3.8, 4) is 5.69 Å². The minimum Gasteiger partial charge on any atom is -0.318 e. The zero-order valence-corrected chi connectivity index (χ0v) is 17.4. The monoisotopic (exact) mass is 475 g/mol. The molecular formula is C21H19FIN3O. The molecule has 3 rings (SSSR count). The number of nitrogens with one attached hydrogen (secondary N) is 1. The van der Waals surface area contributed by atoms with E-state index in [-0.39, 0.29) is 5.56 Å². The molecule has 4 nitrogen and oxygen atoms in total. The molecule has 0 unspecified atom stereocenters. The molecule has 0 aliphatic carbocycles. The smallest absolute Gasteiger partial charge is 0.271 e. The number of aryl methyl sites for hydroxylation is 2. The summed E-state index contributed by atoms with van der Waals surface area (Å²) in [5.74, 6) is -0.907. The van der Waals surface area contributed by atoms with Crippen molar-refractivity contribution in [2.45, 2.75) is 20.8 Å². The molecule has 1 aromatic heterocycles. The predicted molar refractivity (Wildman–Crippen MR) is 114 cm³/mol. The summed E-state index contributed by atoms with van der Waals surface area (Å²) in [4.78, 5) is 12.0. The summed E-state index contributed by atoms with van der Waals surface area (Å²) >= 11 is 2.32. The number of hydrogen-bond donors (Lipinski definition) is 1. The van der Waals surface area contributed by atoms with E-state index in [0.717, 1.165) is 22.6 Å². The highest BCUT2D eigenvalue weighted by Crippen LogP contribution is 2.22. The number of hydrazone groups is 1. The van der Waals surface area contributed by atoms with Crippen LogP contribution in [-0.4, -0.2) is 16.7 Å². The predicted octanol–water partition coefficient (Wildman–Crippen LogP) is 4.91. The number of carbonyl (C=O) groups excluding carboxylic acids is 1. The zero-order valence-electron chi connectivity index (χ0n) is 15.3. The first-order chi connectivity index (χ1) is 12.9. The minimum absolute atomic E-state index is 0.229. The number of halogens is 2. The number of aromatic nitrogens is 1. The lowest BCUT2D eigenvalue weighted by Gasteiger charge is -2.11. The van der Waals surface area contributed by atoms with Crippen molar-refractivity contribution in [3.05, 3.63) is 86.0 Å². The van der Waals surface area contributed by atoms with Crippen molar-refractivity contribution >= 4 is 34.7 Å². The van der Waals surface area contributed by atoms with Crippen LogP contribution in [0.1, 0.15) is 32.9 Å². The summed E-state index contributed by atoms with van der Waals surface area (Å²) < 4.78 is 16.6. The molecule has 0 aliphatic heterocycles. The van der Waals surface area contributed by atoms with E-state index in [1.807, 2.05) is 19.9 Å². The maximum atomic E-state index is 13.2. The van der Waals surface area contributed by atoms with E-state index in [4.69, 9.17) is 0 Å². The summed E-state index contributed by atoms with van der Waals surface area (Å²) in [7, 11) is 0. The summed E-state index contributed by atoms with van der Waals surface area (Å²) in [6.07, 6.45) is 1.61. The molecule has 0 spiro atoms. The van der Waals surface area contributed by atoms with Crippen molar-refractivity contribution in [3.63, 3.8) is 0 Å². The normalized spacial score (nSPS) is 11.1. The van der Waals surface area contributed by atoms with E-state index in [9.17, 15) is 9.18 Å². The Morgan fingerprint density at radius 1 is 1.15 bits per heavy atom. The SMILES string of the molecule is Cc1cc(-n2c(C)cc(/C=N\NC(=O)c3cccc(F)c3)c2C)ccc1I. The van der Waals surface area contributed by atoms with Crippen molar-refractivity contribution in [1.29, 1.82) is 0 Å². The third-order valence-electron chi connectivity index (χ3n) is 4.33. The molecule has 0 saturated heterocycles. The molecule has 6 heteroatoms. The quantitative estimate of drug-likeness (QED) is 0.326. The lowest BCUT2D eigenvalue weighted by molar-refractivity contribution is 0.0954. The van der Waals surface area contributed by atoms with Gasteiger partial charge in [-0.05, 0) is 91.4 Å². The lowest BCUT2D eigenvalue weighted by Crippen LogP contribution is -2.17. The van der Waals surface area contributed by atoms with Crippen LogP contribution in [0, 0.1) is 30.2 Å². The van der Waals surface area contributed by atoms with Gasteiger partial charge in [-0.1, -0.05) is 6.07 Å². The van der Waals surface area contributed by atoms with Gasteiger partial charge in [-0.15, -0.1) is 0 Å². The molecule has 138 valence electrons. The largest absolute Gasteiger partial charge is 0.318 e. The summed E-state index contributed by atoms with van der Waals surface area (Å²) in [6.45, 7) is 6.13. The first kappa shape index (κ1) is 19.3. The van der Waals surface area contributed by atoms with Crippen LogP contribution in [0.5, 0.6) is 0 Å². The minimum atomic E-state index is -0.456. The van der Waals surface area contributed by atoms with Crippen LogP contribution < -0.4 is 5.43 Å². The maximum Gasteiger partial charge on any atom is 0.271 e. The number of benzene rings is 2.